The van der Waals surface area contributed by atoms with Crippen molar-refractivity contribution in [2.75, 3.05) is 17.2 Å². The van der Waals surface area contributed by atoms with Crippen LogP contribution in [-0.4, -0.2) is 18.4 Å². The third kappa shape index (κ3) is 7.15. The summed E-state index contributed by atoms with van der Waals surface area (Å²) in [6.45, 7) is 2.05. The van der Waals surface area contributed by atoms with Gasteiger partial charge in [0.15, 0.2) is 6.61 Å². The molecule has 0 saturated heterocycles. The van der Waals surface area contributed by atoms with Crippen molar-refractivity contribution < 1.29 is 14.3 Å². The van der Waals surface area contributed by atoms with Crippen LogP contribution >= 0.6 is 11.6 Å². The number of aryl methyl sites for hydroxylation is 1. The molecule has 31 heavy (non-hydrogen) atoms. The topological polar surface area (TPSA) is 67.4 Å². The number of ether oxygens (including phenoxy) is 1. The molecule has 2 N–H and O–H groups in total. The van der Waals surface area contributed by atoms with E-state index in [1.807, 2.05) is 24.3 Å². The standard InChI is InChI=1S/C25H25ClN2O3/c1-2-3-4-18-5-11-21(12-6-18)27-24(29)17-31-23-15-7-19(8-16-23)25(30)28-22-13-9-20(26)10-14-22/h5-16H,2-4,17H2,1H3,(H,27,29)(H,28,30). The second-order valence-corrected chi connectivity index (χ2v) is 7.56. The van der Waals surface area contributed by atoms with Crippen LogP contribution in [0, 0.1) is 0 Å². The highest BCUT2D eigenvalue weighted by Gasteiger charge is 2.08. The fourth-order valence-corrected chi connectivity index (χ4v) is 3.05. The van der Waals surface area contributed by atoms with E-state index in [0.717, 1.165) is 24.9 Å². The lowest BCUT2D eigenvalue weighted by Crippen LogP contribution is -2.20. The van der Waals surface area contributed by atoms with E-state index in [-0.39, 0.29) is 18.4 Å². The van der Waals surface area contributed by atoms with Gasteiger partial charge in [-0.2, -0.15) is 0 Å². The molecule has 0 aromatic heterocycles. The summed E-state index contributed by atoms with van der Waals surface area (Å²) in [5.41, 5.74) is 3.14. The molecule has 0 fully saturated rings. The van der Waals surface area contributed by atoms with Crippen molar-refractivity contribution in [1.29, 1.82) is 0 Å². The highest BCUT2D eigenvalue weighted by molar-refractivity contribution is 6.30. The zero-order valence-electron chi connectivity index (χ0n) is 17.4. The minimum atomic E-state index is -0.245. The fraction of sp³-hybridized carbons (Fsp3) is 0.200. The summed E-state index contributed by atoms with van der Waals surface area (Å²) in [6, 6.07) is 21.3. The second-order valence-electron chi connectivity index (χ2n) is 7.12. The van der Waals surface area contributed by atoms with Gasteiger partial charge in [0, 0.05) is 22.0 Å². The molecular weight excluding hydrogens is 412 g/mol. The summed E-state index contributed by atoms with van der Waals surface area (Å²) in [5.74, 6) is 0.0213. The van der Waals surface area contributed by atoms with Crippen LogP contribution in [0.3, 0.4) is 0 Å². The second kappa shape index (κ2) is 11.2. The third-order valence-electron chi connectivity index (χ3n) is 4.65. The van der Waals surface area contributed by atoms with Gasteiger partial charge in [0.2, 0.25) is 0 Å². The van der Waals surface area contributed by atoms with Crippen molar-refractivity contribution in [3.8, 4) is 5.75 Å². The van der Waals surface area contributed by atoms with E-state index in [1.165, 1.54) is 5.56 Å². The first-order valence-corrected chi connectivity index (χ1v) is 10.6. The maximum atomic E-state index is 12.3. The van der Waals surface area contributed by atoms with Gasteiger partial charge in [-0.15, -0.1) is 0 Å². The predicted octanol–water partition coefficient (Wildman–Crippen LogP) is 5.95. The number of nitrogens with one attached hydrogen (secondary N) is 2. The molecule has 5 nitrogen and oxygen atoms in total. The number of hydrogen-bond donors (Lipinski definition) is 2. The van der Waals surface area contributed by atoms with E-state index in [9.17, 15) is 9.59 Å². The molecule has 0 bridgehead atoms. The van der Waals surface area contributed by atoms with Crippen LogP contribution in [0.5, 0.6) is 5.75 Å². The molecule has 0 unspecified atom stereocenters. The molecule has 3 rings (SSSR count). The van der Waals surface area contributed by atoms with Crippen molar-refractivity contribution >= 4 is 34.8 Å². The van der Waals surface area contributed by atoms with Crippen LogP contribution in [0.4, 0.5) is 11.4 Å². The molecule has 3 aromatic carbocycles. The van der Waals surface area contributed by atoms with Gasteiger partial charge in [0.25, 0.3) is 11.8 Å². The zero-order valence-corrected chi connectivity index (χ0v) is 18.1. The van der Waals surface area contributed by atoms with E-state index >= 15 is 0 Å². The Morgan fingerprint density at radius 3 is 2.10 bits per heavy atom. The van der Waals surface area contributed by atoms with Crippen LogP contribution < -0.4 is 15.4 Å². The first-order valence-electron chi connectivity index (χ1n) is 10.2. The summed E-state index contributed by atoms with van der Waals surface area (Å²) in [5, 5.41) is 6.22. The van der Waals surface area contributed by atoms with Crippen LogP contribution in [-0.2, 0) is 11.2 Å². The van der Waals surface area contributed by atoms with Gasteiger partial charge in [-0.3, -0.25) is 9.59 Å². The number of carbonyl (C=O) groups excluding carboxylic acids is 2. The largest absolute Gasteiger partial charge is 0.484 e. The predicted molar refractivity (Wildman–Crippen MR) is 125 cm³/mol. The number of hydrogen-bond acceptors (Lipinski definition) is 3. The monoisotopic (exact) mass is 436 g/mol. The Labute approximate surface area is 187 Å². The minimum absolute atomic E-state index is 0.117. The molecule has 0 atom stereocenters. The third-order valence-corrected chi connectivity index (χ3v) is 4.90. The van der Waals surface area contributed by atoms with Gasteiger partial charge in [-0.25, -0.2) is 0 Å². The Bertz CT molecular complexity index is 1000. The lowest BCUT2D eigenvalue weighted by Gasteiger charge is -2.09. The highest BCUT2D eigenvalue weighted by Crippen LogP contribution is 2.17. The van der Waals surface area contributed by atoms with Gasteiger partial charge in [-0.05, 0) is 79.1 Å². The van der Waals surface area contributed by atoms with Crippen molar-refractivity contribution in [3.63, 3.8) is 0 Å². The van der Waals surface area contributed by atoms with Crippen molar-refractivity contribution in [1.82, 2.24) is 0 Å². The number of halogens is 1. The van der Waals surface area contributed by atoms with Crippen LogP contribution in [0.15, 0.2) is 72.8 Å². The number of anilines is 2. The Balaban J connectivity index is 1.46. The van der Waals surface area contributed by atoms with Crippen LogP contribution in [0.2, 0.25) is 5.02 Å². The van der Waals surface area contributed by atoms with E-state index in [2.05, 4.69) is 17.6 Å². The summed E-state index contributed by atoms with van der Waals surface area (Å²) in [7, 11) is 0. The zero-order chi connectivity index (χ0) is 22.1. The summed E-state index contributed by atoms with van der Waals surface area (Å²) >= 11 is 5.85. The Kier molecular flexibility index (Phi) is 8.07. The smallest absolute Gasteiger partial charge is 0.262 e. The molecule has 0 spiro atoms. The molecule has 0 aliphatic heterocycles. The van der Waals surface area contributed by atoms with Crippen molar-refractivity contribution in [2.24, 2.45) is 0 Å². The number of carbonyl (C=O) groups is 2. The van der Waals surface area contributed by atoms with E-state index in [1.54, 1.807) is 48.5 Å². The first-order chi connectivity index (χ1) is 15.0. The number of rotatable bonds is 9. The molecular formula is C25H25ClN2O3. The van der Waals surface area contributed by atoms with Gasteiger partial charge < -0.3 is 15.4 Å². The van der Waals surface area contributed by atoms with E-state index < -0.39 is 0 Å². The van der Waals surface area contributed by atoms with Crippen molar-refractivity contribution in [2.45, 2.75) is 26.2 Å². The molecule has 0 saturated carbocycles. The average Bonchev–Trinajstić information content (AvgIpc) is 2.79. The summed E-state index contributed by atoms with van der Waals surface area (Å²) in [4.78, 5) is 24.4. The lowest BCUT2D eigenvalue weighted by atomic mass is 10.1. The van der Waals surface area contributed by atoms with Gasteiger partial charge in [-0.1, -0.05) is 37.1 Å². The summed E-state index contributed by atoms with van der Waals surface area (Å²) < 4.78 is 5.52. The molecule has 0 radical (unpaired) electrons. The van der Waals surface area contributed by atoms with Crippen LogP contribution in [0.25, 0.3) is 0 Å². The highest BCUT2D eigenvalue weighted by atomic mass is 35.5. The normalized spacial score (nSPS) is 10.4. The maximum Gasteiger partial charge on any atom is 0.262 e. The van der Waals surface area contributed by atoms with Crippen LogP contribution in [0.1, 0.15) is 35.7 Å². The molecule has 0 aliphatic rings. The fourth-order valence-electron chi connectivity index (χ4n) is 2.92. The summed E-state index contributed by atoms with van der Waals surface area (Å²) in [6.07, 6.45) is 3.35. The van der Waals surface area contributed by atoms with Crippen molar-refractivity contribution in [3.05, 3.63) is 88.9 Å². The number of amides is 2. The van der Waals surface area contributed by atoms with Gasteiger partial charge >= 0.3 is 0 Å². The quantitative estimate of drug-likeness (QED) is 0.435. The first kappa shape index (κ1) is 22.4. The molecule has 6 heteroatoms. The Hall–Kier alpha value is -3.31. The number of benzene rings is 3. The SMILES string of the molecule is CCCCc1ccc(NC(=O)COc2ccc(C(=O)Nc3ccc(Cl)cc3)cc2)cc1. The molecule has 0 heterocycles. The maximum absolute atomic E-state index is 12.3. The number of unbranched alkanes of at least 4 members (excludes halogenated alkanes) is 1. The average molecular weight is 437 g/mol. The molecule has 2 amide bonds. The Morgan fingerprint density at radius 1 is 0.839 bits per heavy atom. The van der Waals surface area contributed by atoms with E-state index in [4.69, 9.17) is 16.3 Å². The van der Waals surface area contributed by atoms with Gasteiger partial charge in [0.05, 0.1) is 0 Å². The lowest BCUT2D eigenvalue weighted by molar-refractivity contribution is -0.118. The molecule has 3 aromatic rings. The molecule has 0 aliphatic carbocycles. The van der Waals surface area contributed by atoms with Gasteiger partial charge in [0.1, 0.15) is 5.75 Å². The molecule has 160 valence electrons. The van der Waals surface area contributed by atoms with E-state index in [0.29, 0.717) is 22.0 Å². The minimum Gasteiger partial charge on any atom is -0.484 e. The Morgan fingerprint density at radius 2 is 1.45 bits per heavy atom.